The van der Waals surface area contributed by atoms with E-state index in [9.17, 15) is 4.79 Å². The molecule has 2 rings (SSSR count). The van der Waals surface area contributed by atoms with E-state index in [1.54, 1.807) is 0 Å². The molecule has 0 saturated carbocycles. The standard InChI is InChI=1S/C12H23N3O/c1-12(2)4-3-7-15(12)10-11(16)14-8-5-13-6-9-14/h13H,3-10H2,1-2H3. The molecule has 0 aromatic rings. The van der Waals surface area contributed by atoms with Gasteiger partial charge in [-0.15, -0.1) is 0 Å². The lowest BCUT2D eigenvalue weighted by atomic mass is 10.0. The molecule has 0 radical (unpaired) electrons. The molecule has 0 unspecified atom stereocenters. The lowest BCUT2D eigenvalue weighted by molar-refractivity contribution is -0.133. The van der Waals surface area contributed by atoms with Gasteiger partial charge in [-0.3, -0.25) is 9.69 Å². The number of carbonyl (C=O) groups is 1. The second-order valence-electron chi connectivity index (χ2n) is 5.47. The van der Waals surface area contributed by atoms with Crippen LogP contribution in [0.25, 0.3) is 0 Å². The first kappa shape index (κ1) is 11.9. The quantitative estimate of drug-likeness (QED) is 0.734. The Labute approximate surface area is 98.0 Å². The van der Waals surface area contributed by atoms with Gasteiger partial charge in [0.1, 0.15) is 0 Å². The fourth-order valence-electron chi connectivity index (χ4n) is 2.63. The van der Waals surface area contributed by atoms with Gasteiger partial charge in [-0.2, -0.15) is 0 Å². The Morgan fingerprint density at radius 2 is 1.94 bits per heavy atom. The number of piperazine rings is 1. The SMILES string of the molecule is CC1(C)CCCN1CC(=O)N1CCNCC1. The minimum Gasteiger partial charge on any atom is -0.339 e. The van der Waals surface area contributed by atoms with Crippen molar-refractivity contribution in [3.63, 3.8) is 0 Å². The van der Waals surface area contributed by atoms with Gasteiger partial charge in [0.2, 0.25) is 5.91 Å². The van der Waals surface area contributed by atoms with Crippen LogP contribution in [0.1, 0.15) is 26.7 Å². The van der Waals surface area contributed by atoms with Crippen molar-refractivity contribution in [1.29, 1.82) is 0 Å². The summed E-state index contributed by atoms with van der Waals surface area (Å²) in [5.41, 5.74) is 0.212. The number of carbonyl (C=O) groups excluding carboxylic acids is 1. The fourth-order valence-corrected chi connectivity index (χ4v) is 2.63. The van der Waals surface area contributed by atoms with Crippen LogP contribution in [0.15, 0.2) is 0 Å². The largest absolute Gasteiger partial charge is 0.339 e. The topological polar surface area (TPSA) is 35.6 Å². The molecule has 1 amide bonds. The number of hydrogen-bond acceptors (Lipinski definition) is 3. The summed E-state index contributed by atoms with van der Waals surface area (Å²) in [6.07, 6.45) is 2.43. The van der Waals surface area contributed by atoms with Crippen LogP contribution in [-0.4, -0.2) is 60.5 Å². The van der Waals surface area contributed by atoms with Gasteiger partial charge in [0.25, 0.3) is 0 Å². The van der Waals surface area contributed by atoms with Gasteiger partial charge in [-0.1, -0.05) is 0 Å². The Bertz CT molecular complexity index is 259. The Morgan fingerprint density at radius 3 is 2.50 bits per heavy atom. The van der Waals surface area contributed by atoms with E-state index in [0.717, 1.165) is 32.7 Å². The van der Waals surface area contributed by atoms with Gasteiger partial charge in [0.05, 0.1) is 6.54 Å². The highest BCUT2D eigenvalue weighted by Gasteiger charge is 2.33. The summed E-state index contributed by atoms with van der Waals surface area (Å²) in [6.45, 7) is 9.78. The van der Waals surface area contributed by atoms with Crippen molar-refractivity contribution in [1.82, 2.24) is 15.1 Å². The summed E-state index contributed by atoms with van der Waals surface area (Å²) in [6, 6.07) is 0. The predicted molar refractivity (Wildman–Crippen MR) is 64.3 cm³/mol. The average Bonchev–Trinajstić information content (AvgIpc) is 2.59. The zero-order valence-corrected chi connectivity index (χ0v) is 10.5. The van der Waals surface area contributed by atoms with Crippen LogP contribution in [-0.2, 0) is 4.79 Å². The smallest absolute Gasteiger partial charge is 0.236 e. The van der Waals surface area contributed by atoms with Gasteiger partial charge in [-0.25, -0.2) is 0 Å². The van der Waals surface area contributed by atoms with E-state index in [-0.39, 0.29) is 5.54 Å². The van der Waals surface area contributed by atoms with E-state index in [0.29, 0.717) is 12.5 Å². The minimum atomic E-state index is 0.212. The molecule has 0 atom stereocenters. The number of likely N-dealkylation sites (tertiary alicyclic amines) is 1. The van der Waals surface area contributed by atoms with Crippen molar-refractivity contribution in [3.05, 3.63) is 0 Å². The number of nitrogens with zero attached hydrogens (tertiary/aromatic N) is 2. The molecule has 1 N–H and O–H groups in total. The van der Waals surface area contributed by atoms with Crippen molar-refractivity contribution in [2.45, 2.75) is 32.2 Å². The molecule has 0 aromatic carbocycles. The van der Waals surface area contributed by atoms with Gasteiger partial charge >= 0.3 is 0 Å². The van der Waals surface area contributed by atoms with E-state index in [1.165, 1.54) is 12.8 Å². The zero-order valence-electron chi connectivity index (χ0n) is 10.5. The third kappa shape index (κ3) is 2.55. The van der Waals surface area contributed by atoms with Crippen LogP contribution < -0.4 is 5.32 Å². The van der Waals surface area contributed by atoms with Gasteiger partial charge < -0.3 is 10.2 Å². The Hall–Kier alpha value is -0.610. The lowest BCUT2D eigenvalue weighted by Gasteiger charge is -2.34. The van der Waals surface area contributed by atoms with E-state index < -0.39 is 0 Å². The maximum atomic E-state index is 12.1. The van der Waals surface area contributed by atoms with Gasteiger partial charge in [0.15, 0.2) is 0 Å². The highest BCUT2D eigenvalue weighted by atomic mass is 16.2. The van der Waals surface area contributed by atoms with E-state index >= 15 is 0 Å². The summed E-state index contributed by atoms with van der Waals surface area (Å²) in [5.74, 6) is 0.302. The third-order valence-electron chi connectivity index (χ3n) is 3.87. The summed E-state index contributed by atoms with van der Waals surface area (Å²) < 4.78 is 0. The van der Waals surface area contributed by atoms with Crippen LogP contribution in [0.5, 0.6) is 0 Å². The molecule has 2 aliphatic rings. The molecular formula is C12H23N3O. The van der Waals surface area contributed by atoms with Gasteiger partial charge in [0, 0.05) is 31.7 Å². The van der Waals surface area contributed by atoms with Crippen molar-refractivity contribution in [2.75, 3.05) is 39.3 Å². The van der Waals surface area contributed by atoms with E-state index in [2.05, 4.69) is 24.1 Å². The molecule has 2 fully saturated rings. The monoisotopic (exact) mass is 225 g/mol. The maximum absolute atomic E-state index is 12.1. The summed E-state index contributed by atoms with van der Waals surface area (Å²) in [4.78, 5) is 16.4. The summed E-state index contributed by atoms with van der Waals surface area (Å²) >= 11 is 0. The van der Waals surface area contributed by atoms with Crippen LogP contribution in [0, 0.1) is 0 Å². The van der Waals surface area contributed by atoms with Crippen LogP contribution >= 0.6 is 0 Å². The molecule has 2 aliphatic heterocycles. The first-order chi connectivity index (χ1) is 7.59. The Balaban J connectivity index is 1.86. The van der Waals surface area contributed by atoms with E-state index in [4.69, 9.17) is 0 Å². The minimum absolute atomic E-state index is 0.212. The van der Waals surface area contributed by atoms with Crippen LogP contribution in [0.4, 0.5) is 0 Å². The molecule has 92 valence electrons. The maximum Gasteiger partial charge on any atom is 0.236 e. The van der Waals surface area contributed by atoms with Gasteiger partial charge in [-0.05, 0) is 33.2 Å². The molecule has 0 bridgehead atoms. The number of hydrogen-bond donors (Lipinski definition) is 1. The molecule has 0 aliphatic carbocycles. The number of nitrogens with one attached hydrogen (secondary N) is 1. The highest BCUT2D eigenvalue weighted by Crippen LogP contribution is 2.27. The molecule has 2 heterocycles. The number of rotatable bonds is 2. The second kappa shape index (κ2) is 4.72. The predicted octanol–water partition coefficient (Wildman–Crippen LogP) is 0.293. The summed E-state index contributed by atoms with van der Waals surface area (Å²) in [5, 5.41) is 3.27. The van der Waals surface area contributed by atoms with Crippen molar-refractivity contribution < 1.29 is 4.79 Å². The highest BCUT2D eigenvalue weighted by molar-refractivity contribution is 5.78. The molecule has 4 heteroatoms. The Kier molecular flexibility index (Phi) is 3.50. The summed E-state index contributed by atoms with van der Waals surface area (Å²) in [7, 11) is 0. The normalized spacial score (nSPS) is 26.0. The lowest BCUT2D eigenvalue weighted by Crippen LogP contribution is -2.51. The average molecular weight is 225 g/mol. The van der Waals surface area contributed by atoms with E-state index in [1.807, 2.05) is 4.90 Å². The molecule has 16 heavy (non-hydrogen) atoms. The first-order valence-corrected chi connectivity index (χ1v) is 6.33. The fraction of sp³-hybridized carbons (Fsp3) is 0.917. The van der Waals surface area contributed by atoms with Crippen LogP contribution in [0.2, 0.25) is 0 Å². The third-order valence-corrected chi connectivity index (χ3v) is 3.87. The molecule has 2 saturated heterocycles. The molecule has 4 nitrogen and oxygen atoms in total. The van der Waals surface area contributed by atoms with Crippen molar-refractivity contribution in [2.24, 2.45) is 0 Å². The zero-order chi connectivity index (χ0) is 11.6. The second-order valence-corrected chi connectivity index (χ2v) is 5.47. The van der Waals surface area contributed by atoms with Crippen molar-refractivity contribution in [3.8, 4) is 0 Å². The van der Waals surface area contributed by atoms with Crippen molar-refractivity contribution >= 4 is 5.91 Å². The molecule has 0 spiro atoms. The molecule has 0 aromatic heterocycles. The van der Waals surface area contributed by atoms with Crippen LogP contribution in [0.3, 0.4) is 0 Å². The number of amides is 1. The molecular weight excluding hydrogens is 202 g/mol. The first-order valence-electron chi connectivity index (χ1n) is 6.33. The Morgan fingerprint density at radius 1 is 1.25 bits per heavy atom.